The van der Waals surface area contributed by atoms with Crippen LogP contribution in [0.4, 0.5) is 0 Å². The van der Waals surface area contributed by atoms with Crippen LogP contribution in [-0.2, 0) is 0 Å². The van der Waals surface area contributed by atoms with E-state index in [-0.39, 0.29) is 11.3 Å². The summed E-state index contributed by atoms with van der Waals surface area (Å²) in [7, 11) is 0. The smallest absolute Gasteiger partial charge is 0.255 e. The fourth-order valence-corrected chi connectivity index (χ4v) is 3.81. The highest BCUT2D eigenvalue weighted by Crippen LogP contribution is 2.39. The molecule has 6 nitrogen and oxygen atoms in total. The number of nitrogens with one attached hydrogen (secondary N) is 2. The fraction of sp³-hybridized carbons (Fsp3) is 0.579. The maximum Gasteiger partial charge on any atom is 0.255 e. The van der Waals surface area contributed by atoms with Gasteiger partial charge in [0, 0.05) is 18.7 Å². The second-order valence-electron chi connectivity index (χ2n) is 7.43. The van der Waals surface area contributed by atoms with E-state index in [9.17, 15) is 10.1 Å². The SMILES string of the molecule is N#CC1(CCNC(=O)c2c[nH]c3ncc(C4CC4)nc23)CCCCC1. The number of H-pyrrole nitrogens is 1. The van der Waals surface area contributed by atoms with E-state index in [4.69, 9.17) is 0 Å². The quantitative estimate of drug-likeness (QED) is 0.874. The third kappa shape index (κ3) is 3.23. The summed E-state index contributed by atoms with van der Waals surface area (Å²) in [4.78, 5) is 24.6. The molecule has 0 radical (unpaired) electrons. The minimum Gasteiger partial charge on any atom is -0.352 e. The van der Waals surface area contributed by atoms with Crippen molar-refractivity contribution in [1.29, 1.82) is 5.26 Å². The number of aromatic amines is 1. The Labute approximate surface area is 147 Å². The standard InChI is InChI=1S/C19H23N5O/c20-12-19(6-2-1-3-7-19)8-9-21-18(25)14-10-22-17-16(14)24-15(11-23-17)13-4-5-13/h10-11,13H,1-9H2,(H,21,25)(H,22,23). The largest absolute Gasteiger partial charge is 0.352 e. The molecule has 0 spiro atoms. The summed E-state index contributed by atoms with van der Waals surface area (Å²) in [5.74, 6) is 0.363. The van der Waals surface area contributed by atoms with Gasteiger partial charge in [-0.05, 0) is 32.1 Å². The lowest BCUT2D eigenvalue weighted by atomic mass is 9.73. The van der Waals surface area contributed by atoms with Crippen molar-refractivity contribution in [3.63, 3.8) is 0 Å². The van der Waals surface area contributed by atoms with Crippen LogP contribution in [0.1, 0.15) is 73.3 Å². The van der Waals surface area contributed by atoms with E-state index in [0.29, 0.717) is 29.2 Å². The van der Waals surface area contributed by atoms with E-state index in [1.165, 1.54) is 6.42 Å². The molecule has 2 heterocycles. The first-order chi connectivity index (χ1) is 12.2. The van der Waals surface area contributed by atoms with Crippen LogP contribution >= 0.6 is 0 Å². The molecule has 0 aromatic carbocycles. The van der Waals surface area contributed by atoms with E-state index < -0.39 is 0 Å². The first-order valence-electron chi connectivity index (χ1n) is 9.24. The highest BCUT2D eigenvalue weighted by Gasteiger charge is 2.32. The number of carbonyl (C=O) groups is 1. The van der Waals surface area contributed by atoms with Crippen LogP contribution in [0.5, 0.6) is 0 Å². The van der Waals surface area contributed by atoms with E-state index in [2.05, 4.69) is 26.3 Å². The number of fused-ring (bicyclic) bond motifs is 1. The molecule has 2 aromatic rings. The number of amides is 1. The molecule has 0 bridgehead atoms. The monoisotopic (exact) mass is 337 g/mol. The molecule has 130 valence electrons. The first-order valence-corrected chi connectivity index (χ1v) is 9.24. The average molecular weight is 337 g/mol. The van der Waals surface area contributed by atoms with Crippen molar-refractivity contribution in [1.82, 2.24) is 20.3 Å². The van der Waals surface area contributed by atoms with Crippen molar-refractivity contribution in [3.8, 4) is 6.07 Å². The third-order valence-electron chi connectivity index (χ3n) is 5.58. The fourth-order valence-electron chi connectivity index (χ4n) is 3.81. The summed E-state index contributed by atoms with van der Waals surface area (Å²) >= 11 is 0. The highest BCUT2D eigenvalue weighted by atomic mass is 16.1. The Morgan fingerprint density at radius 1 is 1.36 bits per heavy atom. The highest BCUT2D eigenvalue weighted by molar-refractivity contribution is 6.04. The Hall–Kier alpha value is -2.42. The van der Waals surface area contributed by atoms with Gasteiger partial charge >= 0.3 is 0 Å². The predicted molar refractivity (Wildman–Crippen MR) is 93.9 cm³/mol. The van der Waals surface area contributed by atoms with Gasteiger partial charge in [-0.25, -0.2) is 9.97 Å². The summed E-state index contributed by atoms with van der Waals surface area (Å²) in [5.41, 5.74) is 2.56. The zero-order chi connectivity index (χ0) is 17.3. The molecule has 0 atom stereocenters. The van der Waals surface area contributed by atoms with Gasteiger partial charge in [0.1, 0.15) is 5.52 Å². The minimum atomic E-state index is -0.259. The van der Waals surface area contributed by atoms with Gasteiger partial charge in [-0.2, -0.15) is 5.26 Å². The van der Waals surface area contributed by atoms with Crippen LogP contribution in [0.2, 0.25) is 0 Å². The first kappa shape index (κ1) is 16.1. The van der Waals surface area contributed by atoms with E-state index >= 15 is 0 Å². The summed E-state index contributed by atoms with van der Waals surface area (Å²) in [6, 6.07) is 2.50. The van der Waals surface area contributed by atoms with Crippen molar-refractivity contribution < 1.29 is 4.79 Å². The third-order valence-corrected chi connectivity index (χ3v) is 5.58. The summed E-state index contributed by atoms with van der Waals surface area (Å²) < 4.78 is 0. The summed E-state index contributed by atoms with van der Waals surface area (Å²) in [5, 5.41) is 12.5. The van der Waals surface area contributed by atoms with Gasteiger partial charge in [-0.1, -0.05) is 19.3 Å². The molecule has 6 heteroatoms. The van der Waals surface area contributed by atoms with Crippen molar-refractivity contribution in [2.75, 3.05) is 6.54 Å². The van der Waals surface area contributed by atoms with Gasteiger partial charge < -0.3 is 10.3 Å². The maximum atomic E-state index is 12.6. The van der Waals surface area contributed by atoms with Gasteiger partial charge in [0.25, 0.3) is 5.91 Å². The van der Waals surface area contributed by atoms with Crippen molar-refractivity contribution in [2.24, 2.45) is 5.41 Å². The van der Waals surface area contributed by atoms with E-state index in [1.54, 1.807) is 12.4 Å². The molecule has 2 aliphatic carbocycles. The van der Waals surface area contributed by atoms with Gasteiger partial charge in [0.15, 0.2) is 5.65 Å². The van der Waals surface area contributed by atoms with Gasteiger partial charge in [0.2, 0.25) is 0 Å². The lowest BCUT2D eigenvalue weighted by molar-refractivity contribution is 0.0948. The number of nitrogens with zero attached hydrogens (tertiary/aromatic N) is 3. The normalized spacial score (nSPS) is 19.5. The van der Waals surface area contributed by atoms with Gasteiger partial charge in [0.05, 0.1) is 28.9 Å². The van der Waals surface area contributed by atoms with Crippen LogP contribution < -0.4 is 5.32 Å². The maximum absolute atomic E-state index is 12.6. The molecule has 0 saturated heterocycles. The molecular formula is C19H23N5O. The Morgan fingerprint density at radius 2 is 2.16 bits per heavy atom. The molecular weight excluding hydrogens is 314 g/mol. The van der Waals surface area contributed by atoms with Crippen LogP contribution in [0.25, 0.3) is 11.2 Å². The van der Waals surface area contributed by atoms with Crippen molar-refractivity contribution in [2.45, 2.75) is 57.3 Å². The zero-order valence-corrected chi connectivity index (χ0v) is 14.3. The second kappa shape index (κ2) is 6.47. The van der Waals surface area contributed by atoms with E-state index in [0.717, 1.165) is 50.6 Å². The second-order valence-corrected chi connectivity index (χ2v) is 7.43. The van der Waals surface area contributed by atoms with Crippen LogP contribution in [-0.4, -0.2) is 27.4 Å². The number of aromatic nitrogens is 3. The predicted octanol–water partition coefficient (Wildman–Crippen LogP) is 3.43. The summed E-state index contributed by atoms with van der Waals surface area (Å²) in [6.07, 6.45) is 11.8. The van der Waals surface area contributed by atoms with Crippen LogP contribution in [0.15, 0.2) is 12.4 Å². The minimum absolute atomic E-state index is 0.141. The molecule has 25 heavy (non-hydrogen) atoms. The Morgan fingerprint density at radius 3 is 2.88 bits per heavy atom. The Bertz CT molecular complexity index is 824. The molecule has 2 fully saturated rings. The number of rotatable bonds is 5. The molecule has 0 unspecified atom stereocenters. The zero-order valence-electron chi connectivity index (χ0n) is 14.3. The lowest BCUT2D eigenvalue weighted by Gasteiger charge is -2.30. The Kier molecular flexibility index (Phi) is 4.16. The van der Waals surface area contributed by atoms with Crippen LogP contribution in [0, 0.1) is 16.7 Å². The molecule has 2 aromatic heterocycles. The van der Waals surface area contributed by atoms with Gasteiger partial charge in [-0.3, -0.25) is 4.79 Å². The molecule has 2 aliphatic rings. The van der Waals surface area contributed by atoms with Crippen molar-refractivity contribution in [3.05, 3.63) is 23.7 Å². The number of hydrogen-bond donors (Lipinski definition) is 2. The molecule has 1 amide bonds. The van der Waals surface area contributed by atoms with Crippen molar-refractivity contribution >= 4 is 17.1 Å². The lowest BCUT2D eigenvalue weighted by Crippen LogP contribution is -2.31. The Balaban J connectivity index is 1.43. The molecule has 2 N–H and O–H groups in total. The molecule has 0 aliphatic heterocycles. The number of hydrogen-bond acceptors (Lipinski definition) is 4. The van der Waals surface area contributed by atoms with Crippen LogP contribution in [0.3, 0.4) is 0 Å². The molecule has 4 rings (SSSR count). The summed E-state index contributed by atoms with van der Waals surface area (Å²) in [6.45, 7) is 0.523. The van der Waals surface area contributed by atoms with Gasteiger partial charge in [-0.15, -0.1) is 0 Å². The molecule has 2 saturated carbocycles. The number of nitriles is 1. The average Bonchev–Trinajstić information content (AvgIpc) is 3.41. The van der Waals surface area contributed by atoms with E-state index in [1.807, 2.05) is 0 Å². The topological polar surface area (TPSA) is 94.5 Å². The number of carbonyl (C=O) groups excluding carboxylic acids is 1.